The summed E-state index contributed by atoms with van der Waals surface area (Å²) in [6.45, 7) is 0.597. The summed E-state index contributed by atoms with van der Waals surface area (Å²) >= 11 is 0. The van der Waals surface area contributed by atoms with Crippen molar-refractivity contribution >= 4 is 30.3 Å². The van der Waals surface area contributed by atoms with Crippen molar-refractivity contribution in [3.8, 4) is 11.1 Å². The Bertz CT molecular complexity index is 2410. The van der Waals surface area contributed by atoms with E-state index < -0.39 is 17.7 Å². The lowest BCUT2D eigenvalue weighted by molar-refractivity contribution is -0.133. The van der Waals surface area contributed by atoms with E-state index in [0.29, 0.717) is 32.2 Å². The predicted octanol–water partition coefficient (Wildman–Crippen LogP) is 8.87. The summed E-state index contributed by atoms with van der Waals surface area (Å²) in [6.07, 6.45) is 8.43. The minimum absolute atomic E-state index is 0.0182. The Morgan fingerprint density at radius 1 is 0.603 bits per heavy atom. The van der Waals surface area contributed by atoms with Crippen LogP contribution >= 0.6 is 0 Å². The highest BCUT2D eigenvalue weighted by Crippen LogP contribution is 2.26. The van der Waals surface area contributed by atoms with Gasteiger partial charge in [0.25, 0.3) is 5.91 Å². The normalized spacial score (nSPS) is 13.7. The second-order valence-electron chi connectivity index (χ2n) is 16.5. The summed E-state index contributed by atoms with van der Waals surface area (Å²) in [5.41, 5.74) is 9.62. The van der Waals surface area contributed by atoms with Crippen molar-refractivity contribution in [3.05, 3.63) is 202 Å². The number of Topliss-reactive ketones (excluding diaryl/α,β-unsaturated/α-hetero) is 1. The van der Waals surface area contributed by atoms with Gasteiger partial charge in [-0.05, 0) is 101 Å². The quantitative estimate of drug-likeness (QED) is 0.0428. The Hall–Kier alpha value is -6.93. The first-order valence-corrected chi connectivity index (χ1v) is 22.1. The number of aryl methyl sites for hydroxylation is 2. The molecule has 6 aromatic rings. The molecule has 0 saturated carbocycles. The maximum Gasteiger partial charge on any atom is 0.295 e. The smallest absolute Gasteiger partial charge is 0.295 e. The molecule has 2 unspecified atom stereocenters. The first kappa shape index (κ1) is 44.1. The fraction of sp³-hybridized carbons (Fsp3) is 0.255. The average molecular weight is 838 g/mol. The van der Waals surface area contributed by atoms with Crippen molar-refractivity contribution in [1.82, 2.24) is 15.5 Å². The van der Waals surface area contributed by atoms with Crippen LogP contribution < -0.4 is 10.6 Å². The van der Waals surface area contributed by atoms with Gasteiger partial charge >= 0.3 is 0 Å². The summed E-state index contributed by atoms with van der Waals surface area (Å²) in [6, 6.07) is 51.0. The average Bonchev–Trinajstić information content (AvgIpc) is 3.33. The van der Waals surface area contributed by atoms with Crippen LogP contribution in [0.4, 0.5) is 0 Å². The lowest BCUT2D eigenvalue weighted by atomic mass is 9.88. The van der Waals surface area contributed by atoms with Gasteiger partial charge in [-0.3, -0.25) is 19.2 Å². The first-order chi connectivity index (χ1) is 30.9. The Balaban J connectivity index is 1.05. The monoisotopic (exact) mass is 837 g/mol. The van der Waals surface area contributed by atoms with Crippen LogP contribution in [0, 0.1) is 5.92 Å². The molecule has 8 heteroatoms. The molecule has 0 bridgehead atoms. The molecule has 2 N–H and O–H groups in total. The topological polar surface area (TPSA) is 113 Å². The van der Waals surface area contributed by atoms with Crippen LogP contribution in [0.25, 0.3) is 11.1 Å². The number of fused-ring (bicyclic) bond motifs is 1. The predicted molar refractivity (Wildman–Crippen MR) is 248 cm³/mol. The van der Waals surface area contributed by atoms with Gasteiger partial charge in [-0.25, -0.2) is 0 Å². The molecule has 63 heavy (non-hydrogen) atoms. The van der Waals surface area contributed by atoms with E-state index in [2.05, 4.69) is 59.2 Å². The molecular weight excluding hydrogens is 783 g/mol. The molecule has 7 rings (SSSR count). The highest BCUT2D eigenvalue weighted by molar-refractivity contribution is 6.43. The first-order valence-electron chi connectivity index (χ1n) is 22.1. The lowest BCUT2D eigenvalue weighted by Crippen LogP contribution is -2.48. The van der Waals surface area contributed by atoms with Crippen LogP contribution in [0.5, 0.6) is 0 Å². The molecule has 1 heterocycles. The number of rotatable bonds is 21. The molecule has 2 atom stereocenters. The Kier molecular flexibility index (Phi) is 15.6. The van der Waals surface area contributed by atoms with Crippen LogP contribution in [-0.4, -0.2) is 47.3 Å². The number of amides is 3. The molecule has 320 valence electrons. The third-order valence-electron chi connectivity index (χ3n) is 12.2. The van der Waals surface area contributed by atoms with Crippen molar-refractivity contribution in [2.75, 3.05) is 0 Å². The summed E-state index contributed by atoms with van der Waals surface area (Å²) < 4.78 is 0. The molecule has 0 radical (unpaired) electrons. The lowest BCUT2D eigenvalue weighted by Gasteiger charge is -2.33. The molecule has 0 fully saturated rings. The number of nitrogens with zero attached hydrogens (tertiary/aromatic N) is 1. The number of carbonyl (C=O) groups is 5. The van der Waals surface area contributed by atoms with Gasteiger partial charge in [-0.15, -0.1) is 0 Å². The fourth-order valence-corrected chi connectivity index (χ4v) is 8.68. The molecule has 1 aliphatic heterocycles. The number of carbonyl (C=O) groups excluding carboxylic acids is 5. The Morgan fingerprint density at radius 2 is 1.16 bits per heavy atom. The number of hydrogen-bond acceptors (Lipinski definition) is 5. The van der Waals surface area contributed by atoms with E-state index >= 15 is 0 Å². The number of hydrogen-bond donors (Lipinski definition) is 2. The van der Waals surface area contributed by atoms with E-state index in [-0.39, 0.29) is 30.0 Å². The Labute approximate surface area is 370 Å². The van der Waals surface area contributed by atoms with E-state index in [1.54, 1.807) is 12.1 Å². The molecule has 0 spiro atoms. The van der Waals surface area contributed by atoms with Gasteiger partial charge in [0.05, 0.1) is 6.04 Å². The molecular formula is C55H55N3O5. The van der Waals surface area contributed by atoms with Gasteiger partial charge < -0.3 is 20.3 Å². The van der Waals surface area contributed by atoms with Crippen molar-refractivity contribution < 1.29 is 24.0 Å². The number of benzene rings is 6. The van der Waals surface area contributed by atoms with Gasteiger partial charge in [0.2, 0.25) is 18.1 Å². The molecule has 1 aliphatic rings. The highest BCUT2D eigenvalue weighted by Gasteiger charge is 2.33. The third-order valence-corrected chi connectivity index (χ3v) is 12.2. The van der Waals surface area contributed by atoms with Gasteiger partial charge in [-0.2, -0.15) is 0 Å². The summed E-state index contributed by atoms with van der Waals surface area (Å²) in [7, 11) is 0. The van der Waals surface area contributed by atoms with E-state index in [0.717, 1.165) is 83.8 Å². The van der Waals surface area contributed by atoms with Gasteiger partial charge in [0.15, 0.2) is 0 Å². The number of aldehydes is 1. The second kappa shape index (κ2) is 22.2. The maximum atomic E-state index is 14.5. The van der Waals surface area contributed by atoms with E-state index in [1.807, 2.05) is 97.1 Å². The van der Waals surface area contributed by atoms with E-state index in [4.69, 9.17) is 0 Å². The largest absolute Gasteiger partial charge is 0.355 e. The van der Waals surface area contributed by atoms with Gasteiger partial charge in [0, 0.05) is 37.0 Å². The highest BCUT2D eigenvalue weighted by atomic mass is 16.2. The minimum atomic E-state index is -0.690. The zero-order valence-electron chi connectivity index (χ0n) is 35.7. The van der Waals surface area contributed by atoms with Gasteiger partial charge in [0.1, 0.15) is 6.29 Å². The van der Waals surface area contributed by atoms with Crippen molar-refractivity contribution in [2.45, 2.75) is 83.0 Å². The molecule has 8 nitrogen and oxygen atoms in total. The zero-order valence-corrected chi connectivity index (χ0v) is 35.7. The van der Waals surface area contributed by atoms with Crippen LogP contribution in [0.1, 0.15) is 75.0 Å². The van der Waals surface area contributed by atoms with Gasteiger partial charge in [-0.1, -0.05) is 158 Å². The number of ketones is 1. The molecule has 6 aromatic carbocycles. The van der Waals surface area contributed by atoms with Crippen molar-refractivity contribution in [3.63, 3.8) is 0 Å². The van der Waals surface area contributed by atoms with E-state index in [9.17, 15) is 24.0 Å². The van der Waals surface area contributed by atoms with Crippen LogP contribution in [0.3, 0.4) is 0 Å². The molecule has 0 saturated heterocycles. The van der Waals surface area contributed by atoms with Crippen LogP contribution in [0.2, 0.25) is 0 Å². The fourth-order valence-electron chi connectivity index (χ4n) is 8.68. The van der Waals surface area contributed by atoms with E-state index in [1.165, 1.54) is 16.0 Å². The van der Waals surface area contributed by atoms with Crippen LogP contribution in [-0.2, 0) is 64.4 Å². The van der Waals surface area contributed by atoms with Crippen molar-refractivity contribution in [1.29, 1.82) is 0 Å². The molecule has 0 aliphatic carbocycles. The number of nitrogens with one attached hydrogen (secondary N) is 2. The molecule has 0 aromatic heterocycles. The van der Waals surface area contributed by atoms with Crippen molar-refractivity contribution in [2.24, 2.45) is 5.92 Å². The SMILES string of the molecule is O=CNCc1ccccc1CC(Cc1ccc(-c2ccc(C(=O)C(=O)N3Cc4ccccc4CC3C=O)cc2)cc1)C(=O)NC(CCCc1ccccc1)CCCc1ccccc1. The second-order valence-corrected chi connectivity index (χ2v) is 16.5. The molecule has 3 amide bonds. The standard InChI is InChI=1S/C55H55N3O5/c59-38-52-35-47-20-8-10-22-49(47)37-58(52)55(63)53(61)45-31-29-44(30-32-45)43-27-25-42(26-28-43)33-50(34-46-19-7-9-21-48(46)36-56-39-60)54(62)57-51(23-11-17-40-13-3-1-4-14-40)24-12-18-41-15-5-2-6-16-41/h1-10,13-16,19-22,25-32,38-39,50-52H,11-12,17-18,23-24,33-37H2,(H,56,60)(H,57,62). The summed E-state index contributed by atoms with van der Waals surface area (Å²) in [5, 5.41) is 6.29. The summed E-state index contributed by atoms with van der Waals surface area (Å²) in [5.74, 6) is -1.69. The third kappa shape index (κ3) is 12.1. The van der Waals surface area contributed by atoms with Crippen LogP contribution in [0.15, 0.2) is 158 Å². The minimum Gasteiger partial charge on any atom is -0.355 e. The summed E-state index contributed by atoms with van der Waals surface area (Å²) in [4.78, 5) is 65.9. The zero-order chi connectivity index (χ0) is 43.8. The maximum absolute atomic E-state index is 14.5. The Morgan fingerprint density at radius 3 is 1.76 bits per heavy atom.